The Hall–Kier alpha value is -3.53. The third kappa shape index (κ3) is 4.86. The van der Waals surface area contributed by atoms with E-state index in [9.17, 15) is 23.2 Å². The van der Waals surface area contributed by atoms with Crippen molar-refractivity contribution in [3.63, 3.8) is 0 Å². The van der Waals surface area contributed by atoms with Gasteiger partial charge in [-0.2, -0.15) is 0 Å². The fourth-order valence-electron chi connectivity index (χ4n) is 4.22. The number of nitrogens with zero attached hydrogens (tertiary/aromatic N) is 1. The quantitative estimate of drug-likeness (QED) is 0.685. The highest BCUT2D eigenvalue weighted by Crippen LogP contribution is 2.32. The lowest BCUT2D eigenvalue weighted by Crippen LogP contribution is -2.53. The molecule has 0 aromatic heterocycles. The number of hydrogen-bond acceptors (Lipinski definition) is 6. The van der Waals surface area contributed by atoms with E-state index in [0.29, 0.717) is 24.3 Å². The van der Waals surface area contributed by atoms with Crippen LogP contribution in [-0.4, -0.2) is 61.7 Å². The van der Waals surface area contributed by atoms with E-state index in [4.69, 9.17) is 14.2 Å². The molecular formula is C24H24F2N2O6. The summed E-state index contributed by atoms with van der Waals surface area (Å²) in [5, 5.41) is 2.59. The van der Waals surface area contributed by atoms with E-state index in [-0.39, 0.29) is 48.2 Å². The van der Waals surface area contributed by atoms with Gasteiger partial charge in [0, 0.05) is 18.3 Å². The Labute approximate surface area is 194 Å². The van der Waals surface area contributed by atoms with E-state index in [2.05, 4.69) is 5.32 Å². The van der Waals surface area contributed by atoms with Crippen LogP contribution in [0.1, 0.15) is 40.0 Å². The summed E-state index contributed by atoms with van der Waals surface area (Å²) >= 11 is 0. The van der Waals surface area contributed by atoms with Crippen molar-refractivity contribution in [3.05, 3.63) is 59.2 Å². The summed E-state index contributed by atoms with van der Waals surface area (Å²) in [4.78, 5) is 38.9. The number of methoxy groups -OCH3 is 1. The number of halogens is 2. The number of rotatable bonds is 4. The molecule has 10 heteroatoms. The monoisotopic (exact) mass is 474 g/mol. The number of esters is 1. The molecule has 180 valence electrons. The highest BCUT2D eigenvalue weighted by Gasteiger charge is 2.39. The number of ether oxygens (including phenoxy) is 3. The second kappa shape index (κ2) is 9.76. The summed E-state index contributed by atoms with van der Waals surface area (Å²) in [6.45, 7) is 0.174. The van der Waals surface area contributed by atoms with Crippen LogP contribution in [0.15, 0.2) is 36.4 Å². The van der Waals surface area contributed by atoms with Crippen LogP contribution >= 0.6 is 0 Å². The Morgan fingerprint density at radius 3 is 2.68 bits per heavy atom. The molecule has 2 amide bonds. The van der Waals surface area contributed by atoms with Gasteiger partial charge in [-0.3, -0.25) is 14.4 Å². The zero-order valence-electron chi connectivity index (χ0n) is 18.7. The second-order valence-corrected chi connectivity index (χ2v) is 8.24. The maximum atomic E-state index is 13.5. The van der Waals surface area contributed by atoms with Crippen LogP contribution in [0.5, 0.6) is 5.75 Å². The predicted molar refractivity (Wildman–Crippen MR) is 117 cm³/mol. The van der Waals surface area contributed by atoms with Crippen LogP contribution in [0.3, 0.4) is 0 Å². The maximum absolute atomic E-state index is 13.5. The molecule has 2 aromatic rings. The zero-order chi connectivity index (χ0) is 24.4. The first-order chi connectivity index (χ1) is 16.3. The van der Waals surface area contributed by atoms with E-state index in [0.717, 1.165) is 12.1 Å². The summed E-state index contributed by atoms with van der Waals surface area (Å²) in [5.41, 5.74) is 0.490. The fourth-order valence-corrected chi connectivity index (χ4v) is 4.22. The van der Waals surface area contributed by atoms with E-state index >= 15 is 0 Å². The van der Waals surface area contributed by atoms with Gasteiger partial charge in [0.1, 0.15) is 18.5 Å². The molecular weight excluding hydrogens is 450 g/mol. The van der Waals surface area contributed by atoms with Crippen LogP contribution in [0, 0.1) is 11.6 Å². The number of fused-ring (bicyclic) bond motifs is 2. The first-order valence-corrected chi connectivity index (χ1v) is 10.8. The van der Waals surface area contributed by atoms with Crippen LogP contribution < -0.4 is 10.1 Å². The number of hydrogen-bond donors (Lipinski definition) is 1. The lowest BCUT2D eigenvalue weighted by Gasteiger charge is -2.42. The standard InChI is InChI=1S/C24H24F2N2O6/c1-28-19-7-5-15(11-22(29)32-2)34-21(19)12-33-20-8-4-14(10-16(20)24(28)31)27-23(30)13-3-6-17(25)18(26)9-13/h3-4,6,8-10,15,19,21H,5,7,11-12H2,1-2H3,(H,27,30)/t15-,19+,21-/m1/s1. The van der Waals surface area contributed by atoms with Crippen molar-refractivity contribution in [2.45, 2.75) is 37.5 Å². The fraction of sp³-hybridized carbons (Fsp3) is 0.375. The zero-order valence-corrected chi connectivity index (χ0v) is 18.7. The summed E-state index contributed by atoms with van der Waals surface area (Å²) < 4.78 is 43.3. The Bertz CT molecular complexity index is 1120. The van der Waals surface area contributed by atoms with Gasteiger partial charge in [-0.25, -0.2) is 8.78 Å². The number of anilines is 1. The molecule has 0 saturated carbocycles. The molecule has 34 heavy (non-hydrogen) atoms. The van der Waals surface area contributed by atoms with Crippen molar-refractivity contribution in [3.8, 4) is 5.75 Å². The second-order valence-electron chi connectivity index (χ2n) is 8.24. The minimum Gasteiger partial charge on any atom is -0.490 e. The Morgan fingerprint density at radius 1 is 1.15 bits per heavy atom. The van der Waals surface area contributed by atoms with Crippen molar-refractivity contribution < 1.29 is 37.4 Å². The molecule has 0 spiro atoms. The molecule has 8 nitrogen and oxygen atoms in total. The smallest absolute Gasteiger partial charge is 0.308 e. The molecule has 0 radical (unpaired) electrons. The molecule has 1 saturated heterocycles. The van der Waals surface area contributed by atoms with Crippen molar-refractivity contribution in [1.82, 2.24) is 4.90 Å². The van der Waals surface area contributed by atoms with Gasteiger partial charge < -0.3 is 24.4 Å². The van der Waals surface area contributed by atoms with Gasteiger partial charge in [-0.1, -0.05) is 0 Å². The van der Waals surface area contributed by atoms with Crippen LogP contribution in [0.4, 0.5) is 14.5 Å². The third-order valence-corrected chi connectivity index (χ3v) is 6.07. The average molecular weight is 474 g/mol. The predicted octanol–water partition coefficient (Wildman–Crippen LogP) is 3.16. The number of carbonyl (C=O) groups is 3. The molecule has 2 aliphatic rings. The number of benzene rings is 2. The van der Waals surface area contributed by atoms with E-state index in [1.807, 2.05) is 0 Å². The molecule has 3 atom stereocenters. The molecule has 0 aliphatic carbocycles. The van der Waals surface area contributed by atoms with E-state index in [1.165, 1.54) is 19.2 Å². The third-order valence-electron chi connectivity index (χ3n) is 6.07. The van der Waals surface area contributed by atoms with Gasteiger partial charge in [0.25, 0.3) is 11.8 Å². The van der Waals surface area contributed by atoms with Crippen molar-refractivity contribution >= 4 is 23.5 Å². The van der Waals surface area contributed by atoms with Gasteiger partial charge in [-0.05, 0) is 49.2 Å². The largest absolute Gasteiger partial charge is 0.490 e. The Balaban J connectivity index is 1.52. The molecule has 2 aromatic carbocycles. The highest BCUT2D eigenvalue weighted by atomic mass is 19.2. The molecule has 0 unspecified atom stereocenters. The van der Waals surface area contributed by atoms with Crippen molar-refractivity contribution in [1.29, 1.82) is 0 Å². The normalized spacial score (nSPS) is 21.9. The lowest BCUT2D eigenvalue weighted by molar-refractivity contribution is -0.151. The molecule has 0 bridgehead atoms. The Kier molecular flexibility index (Phi) is 6.78. The number of carbonyl (C=O) groups excluding carboxylic acids is 3. The number of likely N-dealkylation sites (N-methyl/N-ethyl adjacent to an activating group) is 1. The SMILES string of the molecule is COC(=O)C[C@H]1CC[C@H]2[C@@H](COc3ccc(NC(=O)c4ccc(F)c(F)c4)cc3C(=O)N2C)O1. The highest BCUT2D eigenvalue weighted by molar-refractivity contribution is 6.05. The minimum atomic E-state index is -1.13. The van der Waals surface area contributed by atoms with Gasteiger partial charge in [0.05, 0.1) is 31.2 Å². The average Bonchev–Trinajstić information content (AvgIpc) is 2.83. The van der Waals surface area contributed by atoms with E-state index < -0.39 is 23.6 Å². The lowest BCUT2D eigenvalue weighted by atomic mass is 9.94. The molecule has 1 N–H and O–H groups in total. The Morgan fingerprint density at radius 2 is 1.94 bits per heavy atom. The van der Waals surface area contributed by atoms with Gasteiger partial charge in [0.15, 0.2) is 11.6 Å². The molecule has 2 aliphatic heterocycles. The van der Waals surface area contributed by atoms with Gasteiger partial charge in [-0.15, -0.1) is 0 Å². The summed E-state index contributed by atoms with van der Waals surface area (Å²) in [5.74, 6) is -3.19. The van der Waals surface area contributed by atoms with Crippen LogP contribution in [0.2, 0.25) is 0 Å². The van der Waals surface area contributed by atoms with Gasteiger partial charge in [0.2, 0.25) is 0 Å². The van der Waals surface area contributed by atoms with Gasteiger partial charge >= 0.3 is 5.97 Å². The first kappa shape index (κ1) is 23.6. The summed E-state index contributed by atoms with van der Waals surface area (Å²) in [6, 6.07) is 7.17. The topological polar surface area (TPSA) is 94.2 Å². The van der Waals surface area contributed by atoms with Crippen molar-refractivity contribution in [2.75, 3.05) is 26.1 Å². The summed E-state index contributed by atoms with van der Waals surface area (Å²) in [7, 11) is 3.00. The first-order valence-electron chi connectivity index (χ1n) is 10.8. The number of nitrogens with one attached hydrogen (secondary N) is 1. The molecule has 2 heterocycles. The van der Waals surface area contributed by atoms with Crippen LogP contribution in [-0.2, 0) is 14.3 Å². The maximum Gasteiger partial charge on any atom is 0.308 e. The molecule has 1 fully saturated rings. The van der Waals surface area contributed by atoms with E-state index in [1.54, 1.807) is 24.1 Å². The molecule has 4 rings (SSSR count). The number of amides is 2. The minimum absolute atomic E-state index is 0.0611. The van der Waals surface area contributed by atoms with Crippen molar-refractivity contribution in [2.24, 2.45) is 0 Å². The van der Waals surface area contributed by atoms with Crippen LogP contribution in [0.25, 0.3) is 0 Å². The summed E-state index contributed by atoms with van der Waals surface area (Å²) in [6.07, 6.45) is 0.617.